The smallest absolute Gasteiger partial charge is 0.129 e. The summed E-state index contributed by atoms with van der Waals surface area (Å²) in [5.41, 5.74) is 1.64. The van der Waals surface area contributed by atoms with Gasteiger partial charge in [-0.1, -0.05) is 0 Å². The third kappa shape index (κ3) is 1.54. The lowest BCUT2D eigenvalue weighted by Crippen LogP contribution is -2.28. The van der Waals surface area contributed by atoms with E-state index in [1.54, 1.807) is 0 Å². The summed E-state index contributed by atoms with van der Waals surface area (Å²) < 4.78 is 26.9. The van der Waals surface area contributed by atoms with Crippen molar-refractivity contribution in [2.45, 2.75) is 37.6 Å². The first-order chi connectivity index (χ1) is 7.75. The van der Waals surface area contributed by atoms with Crippen LogP contribution >= 0.6 is 0 Å². The Labute approximate surface area is 93.9 Å². The van der Waals surface area contributed by atoms with Gasteiger partial charge in [0.15, 0.2) is 0 Å². The largest absolute Gasteiger partial charge is 0.313 e. The number of hydrogen-bond donors (Lipinski definition) is 1. The quantitative estimate of drug-likeness (QED) is 0.772. The molecule has 1 heterocycles. The second-order valence-electron chi connectivity index (χ2n) is 4.81. The molecule has 86 valence electrons. The first-order valence-corrected chi connectivity index (χ1v) is 5.97. The minimum absolute atomic E-state index is 0.248. The van der Waals surface area contributed by atoms with Crippen LogP contribution in [0.15, 0.2) is 12.1 Å². The van der Waals surface area contributed by atoms with Crippen molar-refractivity contribution in [3.8, 4) is 0 Å². The van der Waals surface area contributed by atoms with Gasteiger partial charge < -0.3 is 5.32 Å². The maximum absolute atomic E-state index is 13.8. The Balaban J connectivity index is 1.98. The molecule has 1 saturated heterocycles. The molecule has 1 N–H and O–H groups in total. The van der Waals surface area contributed by atoms with Crippen LogP contribution in [-0.2, 0) is 6.42 Å². The zero-order chi connectivity index (χ0) is 11.1. The van der Waals surface area contributed by atoms with Crippen LogP contribution < -0.4 is 5.32 Å². The monoisotopic (exact) mass is 223 g/mol. The van der Waals surface area contributed by atoms with Gasteiger partial charge in [-0.15, -0.1) is 0 Å². The molecule has 1 aromatic rings. The maximum atomic E-state index is 13.8. The summed E-state index contributed by atoms with van der Waals surface area (Å²) in [6, 6.07) is 2.90. The van der Waals surface area contributed by atoms with Crippen molar-refractivity contribution in [1.29, 1.82) is 0 Å². The molecule has 0 saturated carbocycles. The summed E-state index contributed by atoms with van der Waals surface area (Å²) in [6.07, 6.45) is 4.04. The Hall–Kier alpha value is -0.960. The number of fused-ring (bicyclic) bond motifs is 1. The van der Waals surface area contributed by atoms with Gasteiger partial charge in [-0.05, 0) is 49.4 Å². The Morgan fingerprint density at radius 3 is 2.81 bits per heavy atom. The van der Waals surface area contributed by atoms with Crippen molar-refractivity contribution in [3.63, 3.8) is 0 Å². The zero-order valence-corrected chi connectivity index (χ0v) is 9.10. The van der Waals surface area contributed by atoms with E-state index in [1.807, 2.05) is 0 Å². The van der Waals surface area contributed by atoms with Crippen molar-refractivity contribution in [2.75, 3.05) is 6.54 Å². The number of halogens is 2. The molecule has 0 unspecified atom stereocenters. The highest BCUT2D eigenvalue weighted by atomic mass is 19.1. The van der Waals surface area contributed by atoms with E-state index in [0.29, 0.717) is 6.04 Å². The summed E-state index contributed by atoms with van der Waals surface area (Å²) in [5.74, 6) is -0.555. The molecule has 1 fully saturated rings. The zero-order valence-electron chi connectivity index (χ0n) is 9.10. The topological polar surface area (TPSA) is 12.0 Å². The molecule has 1 aliphatic heterocycles. The van der Waals surface area contributed by atoms with Gasteiger partial charge in [0.05, 0.1) is 0 Å². The minimum Gasteiger partial charge on any atom is -0.313 e. The van der Waals surface area contributed by atoms with Crippen molar-refractivity contribution in [3.05, 3.63) is 34.9 Å². The van der Waals surface area contributed by atoms with E-state index in [4.69, 9.17) is 0 Å². The fourth-order valence-corrected chi connectivity index (χ4v) is 3.17. The van der Waals surface area contributed by atoms with Gasteiger partial charge in [0.25, 0.3) is 0 Å². The molecule has 0 spiro atoms. The average molecular weight is 223 g/mol. The van der Waals surface area contributed by atoms with Gasteiger partial charge in [0.1, 0.15) is 11.6 Å². The van der Waals surface area contributed by atoms with E-state index in [0.717, 1.165) is 43.0 Å². The molecule has 3 rings (SSSR count). The Kier molecular flexibility index (Phi) is 2.43. The summed E-state index contributed by atoms with van der Waals surface area (Å²) in [7, 11) is 0. The minimum atomic E-state index is -0.448. The molecule has 16 heavy (non-hydrogen) atoms. The van der Waals surface area contributed by atoms with Crippen LogP contribution in [0, 0.1) is 11.6 Å². The Bertz CT molecular complexity index is 411. The molecule has 1 nitrogen and oxygen atoms in total. The van der Waals surface area contributed by atoms with E-state index < -0.39 is 5.82 Å². The fraction of sp³-hybridized carbons (Fsp3) is 0.538. The van der Waals surface area contributed by atoms with Gasteiger partial charge >= 0.3 is 0 Å². The molecule has 0 amide bonds. The number of rotatable bonds is 1. The van der Waals surface area contributed by atoms with E-state index in [-0.39, 0.29) is 11.7 Å². The standard InChI is InChI=1S/C13H15F2N/c14-9-6-8-3-4-10(12-2-1-5-16-12)13(8)11(15)7-9/h6-7,10,12,16H,1-5H2/t10-,12-/m0/s1. The fourth-order valence-electron chi connectivity index (χ4n) is 3.17. The number of nitrogens with one attached hydrogen (secondary N) is 1. The van der Waals surface area contributed by atoms with E-state index in [1.165, 1.54) is 12.5 Å². The van der Waals surface area contributed by atoms with Crippen LogP contribution in [0.1, 0.15) is 36.3 Å². The summed E-state index contributed by atoms with van der Waals surface area (Å²) in [5, 5.41) is 3.42. The van der Waals surface area contributed by atoms with Crippen molar-refractivity contribution in [1.82, 2.24) is 5.32 Å². The number of aryl methyl sites for hydroxylation is 1. The van der Waals surface area contributed by atoms with Crippen molar-refractivity contribution >= 4 is 0 Å². The molecular formula is C13H15F2N. The van der Waals surface area contributed by atoms with E-state index in [9.17, 15) is 8.78 Å². The van der Waals surface area contributed by atoms with Crippen LogP contribution in [0.5, 0.6) is 0 Å². The van der Waals surface area contributed by atoms with Crippen molar-refractivity contribution < 1.29 is 8.78 Å². The first-order valence-electron chi connectivity index (χ1n) is 5.97. The number of hydrogen-bond acceptors (Lipinski definition) is 1. The molecular weight excluding hydrogens is 208 g/mol. The van der Waals surface area contributed by atoms with Crippen molar-refractivity contribution in [2.24, 2.45) is 0 Å². The van der Waals surface area contributed by atoms with Gasteiger partial charge in [-0.3, -0.25) is 0 Å². The van der Waals surface area contributed by atoms with Crippen LogP contribution in [0.25, 0.3) is 0 Å². The number of benzene rings is 1. The summed E-state index contributed by atoms with van der Waals surface area (Å²) >= 11 is 0. The molecule has 3 heteroatoms. The van der Waals surface area contributed by atoms with Crippen LogP contribution in [0.2, 0.25) is 0 Å². The molecule has 2 atom stereocenters. The van der Waals surface area contributed by atoms with E-state index >= 15 is 0 Å². The predicted molar refractivity (Wildman–Crippen MR) is 58.4 cm³/mol. The Morgan fingerprint density at radius 2 is 2.06 bits per heavy atom. The third-order valence-electron chi connectivity index (χ3n) is 3.86. The van der Waals surface area contributed by atoms with Gasteiger partial charge in [0.2, 0.25) is 0 Å². The SMILES string of the molecule is Fc1cc(F)c2c(c1)CC[C@H]2[C@@H]1CCCN1. The van der Waals surface area contributed by atoms with Crippen LogP contribution in [-0.4, -0.2) is 12.6 Å². The molecule has 1 aromatic carbocycles. The lowest BCUT2D eigenvalue weighted by molar-refractivity contribution is 0.467. The predicted octanol–water partition coefficient (Wildman–Crippen LogP) is 2.75. The molecule has 0 bridgehead atoms. The van der Waals surface area contributed by atoms with Crippen LogP contribution in [0.3, 0.4) is 0 Å². The third-order valence-corrected chi connectivity index (χ3v) is 3.86. The average Bonchev–Trinajstić information content (AvgIpc) is 2.82. The molecule has 2 aliphatic rings. The highest BCUT2D eigenvalue weighted by Crippen LogP contribution is 2.39. The maximum Gasteiger partial charge on any atom is 0.129 e. The second kappa shape index (κ2) is 3.81. The highest BCUT2D eigenvalue weighted by Gasteiger charge is 2.33. The lowest BCUT2D eigenvalue weighted by Gasteiger charge is -2.20. The van der Waals surface area contributed by atoms with Gasteiger partial charge in [0, 0.05) is 18.0 Å². The second-order valence-corrected chi connectivity index (χ2v) is 4.81. The molecule has 0 aromatic heterocycles. The molecule has 0 radical (unpaired) electrons. The highest BCUT2D eigenvalue weighted by molar-refractivity contribution is 5.38. The first kappa shape index (κ1) is 10.2. The lowest BCUT2D eigenvalue weighted by atomic mass is 9.92. The Morgan fingerprint density at radius 1 is 1.19 bits per heavy atom. The van der Waals surface area contributed by atoms with Gasteiger partial charge in [-0.2, -0.15) is 0 Å². The summed E-state index contributed by atoms with van der Waals surface area (Å²) in [6.45, 7) is 1.03. The van der Waals surface area contributed by atoms with Crippen LogP contribution in [0.4, 0.5) is 8.78 Å². The normalized spacial score (nSPS) is 28.4. The summed E-state index contributed by atoms with van der Waals surface area (Å²) in [4.78, 5) is 0. The molecule has 1 aliphatic carbocycles. The van der Waals surface area contributed by atoms with E-state index in [2.05, 4.69) is 5.32 Å². The van der Waals surface area contributed by atoms with Gasteiger partial charge in [-0.25, -0.2) is 8.78 Å².